The van der Waals surface area contributed by atoms with Crippen molar-refractivity contribution < 1.29 is 0 Å². The van der Waals surface area contributed by atoms with Crippen LogP contribution in [0.5, 0.6) is 0 Å². The fourth-order valence-electron chi connectivity index (χ4n) is 1.84. The van der Waals surface area contributed by atoms with Crippen LogP contribution in [0.4, 0.5) is 5.95 Å². The van der Waals surface area contributed by atoms with Crippen LogP contribution in [0.3, 0.4) is 0 Å². The first-order valence-electron chi connectivity index (χ1n) is 6.93. The van der Waals surface area contributed by atoms with E-state index >= 15 is 0 Å². The molecule has 1 N–H and O–H groups in total. The standard InChI is InChI=1S/C16H21N3S/c1-5-8-17-16-18-13(4)10-15(19-16)20-14-9-11(2)6-7-12(14)3/h6-7,9-10H,5,8H2,1-4H3,(H,17,18,19). The lowest BCUT2D eigenvalue weighted by Crippen LogP contribution is -2.05. The molecular weight excluding hydrogens is 266 g/mol. The van der Waals surface area contributed by atoms with Crippen LogP contribution in [0.1, 0.15) is 30.2 Å². The van der Waals surface area contributed by atoms with E-state index in [0.717, 1.165) is 29.6 Å². The first kappa shape index (κ1) is 14.9. The van der Waals surface area contributed by atoms with Crippen molar-refractivity contribution in [3.8, 4) is 0 Å². The zero-order chi connectivity index (χ0) is 14.5. The molecule has 20 heavy (non-hydrogen) atoms. The number of aryl methyl sites for hydroxylation is 3. The quantitative estimate of drug-likeness (QED) is 0.828. The Hall–Kier alpha value is -1.55. The highest BCUT2D eigenvalue weighted by Gasteiger charge is 2.06. The molecule has 3 nitrogen and oxygen atoms in total. The molecule has 0 amide bonds. The topological polar surface area (TPSA) is 37.8 Å². The van der Waals surface area contributed by atoms with E-state index in [0.29, 0.717) is 0 Å². The minimum atomic E-state index is 0.722. The van der Waals surface area contributed by atoms with Gasteiger partial charge >= 0.3 is 0 Å². The van der Waals surface area contributed by atoms with Gasteiger partial charge in [-0.1, -0.05) is 30.8 Å². The molecule has 2 rings (SSSR count). The van der Waals surface area contributed by atoms with Gasteiger partial charge in [-0.25, -0.2) is 9.97 Å². The molecule has 0 saturated carbocycles. The highest BCUT2D eigenvalue weighted by atomic mass is 32.2. The Kier molecular flexibility index (Phi) is 5.01. The van der Waals surface area contributed by atoms with Crippen LogP contribution in [0.2, 0.25) is 0 Å². The number of hydrogen-bond donors (Lipinski definition) is 1. The van der Waals surface area contributed by atoms with Crippen molar-refractivity contribution in [3.05, 3.63) is 41.1 Å². The van der Waals surface area contributed by atoms with E-state index in [1.165, 1.54) is 16.0 Å². The smallest absolute Gasteiger partial charge is 0.223 e. The highest BCUT2D eigenvalue weighted by Crippen LogP contribution is 2.30. The average molecular weight is 287 g/mol. The van der Waals surface area contributed by atoms with Crippen LogP contribution in [0, 0.1) is 20.8 Å². The summed E-state index contributed by atoms with van der Waals surface area (Å²) in [7, 11) is 0. The molecule has 0 spiro atoms. The molecule has 0 saturated heterocycles. The van der Waals surface area contributed by atoms with E-state index in [-0.39, 0.29) is 0 Å². The zero-order valence-corrected chi connectivity index (χ0v) is 13.3. The Morgan fingerprint density at radius 3 is 2.65 bits per heavy atom. The van der Waals surface area contributed by atoms with Gasteiger partial charge in [0.2, 0.25) is 5.95 Å². The van der Waals surface area contributed by atoms with Crippen molar-refractivity contribution >= 4 is 17.7 Å². The van der Waals surface area contributed by atoms with Gasteiger partial charge in [-0.05, 0) is 50.5 Å². The lowest BCUT2D eigenvalue weighted by Gasteiger charge is -2.09. The second kappa shape index (κ2) is 6.75. The number of rotatable bonds is 5. The third-order valence-electron chi connectivity index (χ3n) is 2.92. The number of anilines is 1. The van der Waals surface area contributed by atoms with Crippen molar-refractivity contribution in [1.29, 1.82) is 0 Å². The predicted molar refractivity (Wildman–Crippen MR) is 85.6 cm³/mol. The van der Waals surface area contributed by atoms with E-state index < -0.39 is 0 Å². The van der Waals surface area contributed by atoms with Crippen LogP contribution in [0.25, 0.3) is 0 Å². The largest absolute Gasteiger partial charge is 0.354 e. The van der Waals surface area contributed by atoms with Crippen LogP contribution >= 0.6 is 11.8 Å². The van der Waals surface area contributed by atoms with E-state index in [1.807, 2.05) is 13.0 Å². The lowest BCUT2D eigenvalue weighted by molar-refractivity contribution is 0.924. The molecule has 2 aromatic rings. The molecule has 0 fully saturated rings. The van der Waals surface area contributed by atoms with Gasteiger partial charge in [0.25, 0.3) is 0 Å². The second-order valence-electron chi connectivity index (χ2n) is 4.97. The van der Waals surface area contributed by atoms with Gasteiger partial charge in [0.05, 0.1) is 0 Å². The Bertz CT molecular complexity index is 596. The minimum Gasteiger partial charge on any atom is -0.354 e. The summed E-state index contributed by atoms with van der Waals surface area (Å²) in [4.78, 5) is 10.2. The third kappa shape index (κ3) is 3.97. The van der Waals surface area contributed by atoms with Crippen LogP contribution in [-0.2, 0) is 0 Å². The molecule has 0 bridgehead atoms. The maximum Gasteiger partial charge on any atom is 0.223 e. The molecule has 0 aliphatic rings. The summed E-state index contributed by atoms with van der Waals surface area (Å²) in [5, 5.41) is 4.24. The van der Waals surface area contributed by atoms with E-state index in [4.69, 9.17) is 0 Å². The molecule has 0 unspecified atom stereocenters. The van der Waals surface area contributed by atoms with Crippen LogP contribution < -0.4 is 5.32 Å². The molecule has 106 valence electrons. The average Bonchev–Trinajstić information content (AvgIpc) is 2.40. The van der Waals surface area contributed by atoms with Crippen molar-refractivity contribution in [3.63, 3.8) is 0 Å². The van der Waals surface area contributed by atoms with Crippen molar-refractivity contribution in [1.82, 2.24) is 9.97 Å². The summed E-state index contributed by atoms with van der Waals surface area (Å²) in [6, 6.07) is 8.53. The molecule has 0 atom stereocenters. The summed E-state index contributed by atoms with van der Waals surface area (Å²) in [5.74, 6) is 0.722. The normalized spacial score (nSPS) is 10.6. The maximum atomic E-state index is 4.58. The van der Waals surface area contributed by atoms with Crippen molar-refractivity contribution in [2.75, 3.05) is 11.9 Å². The first-order chi connectivity index (χ1) is 9.58. The first-order valence-corrected chi connectivity index (χ1v) is 7.75. The molecule has 4 heteroatoms. The van der Waals surface area contributed by atoms with E-state index in [2.05, 4.69) is 54.3 Å². The summed E-state index contributed by atoms with van der Waals surface area (Å²) in [6.07, 6.45) is 1.07. The molecule has 0 aliphatic carbocycles. The number of aromatic nitrogens is 2. The molecule has 0 aliphatic heterocycles. The third-order valence-corrected chi connectivity index (χ3v) is 4.00. The van der Waals surface area contributed by atoms with Gasteiger partial charge in [0.1, 0.15) is 5.03 Å². The van der Waals surface area contributed by atoms with Gasteiger partial charge in [-0.3, -0.25) is 0 Å². The molecule has 1 aromatic heterocycles. The fourth-order valence-corrected chi connectivity index (χ4v) is 2.90. The summed E-state index contributed by atoms with van der Waals surface area (Å²) < 4.78 is 0. The van der Waals surface area contributed by atoms with Crippen molar-refractivity contribution in [2.24, 2.45) is 0 Å². The monoisotopic (exact) mass is 287 g/mol. The molecule has 1 aromatic carbocycles. The van der Waals surface area contributed by atoms with Crippen molar-refractivity contribution in [2.45, 2.75) is 44.0 Å². The number of hydrogen-bond acceptors (Lipinski definition) is 4. The minimum absolute atomic E-state index is 0.722. The molecular formula is C16H21N3S. The Morgan fingerprint density at radius 2 is 1.90 bits per heavy atom. The second-order valence-corrected chi connectivity index (χ2v) is 6.03. The maximum absolute atomic E-state index is 4.58. The Morgan fingerprint density at radius 1 is 1.10 bits per heavy atom. The summed E-state index contributed by atoms with van der Waals surface area (Å²) in [5.41, 5.74) is 3.54. The highest BCUT2D eigenvalue weighted by molar-refractivity contribution is 7.99. The molecule has 1 heterocycles. The predicted octanol–water partition coefficient (Wildman–Crippen LogP) is 4.37. The Labute approximate surface area is 125 Å². The SMILES string of the molecule is CCCNc1nc(C)cc(Sc2cc(C)ccc2C)n1. The zero-order valence-electron chi connectivity index (χ0n) is 12.5. The van der Waals surface area contributed by atoms with Gasteiger partial charge in [0, 0.05) is 17.1 Å². The van der Waals surface area contributed by atoms with Gasteiger partial charge in [0.15, 0.2) is 0 Å². The summed E-state index contributed by atoms with van der Waals surface area (Å²) >= 11 is 1.70. The van der Waals surface area contributed by atoms with E-state index in [9.17, 15) is 0 Å². The summed E-state index contributed by atoms with van der Waals surface area (Å²) in [6.45, 7) is 9.28. The Balaban J connectivity index is 2.24. The number of nitrogens with one attached hydrogen (secondary N) is 1. The molecule has 0 radical (unpaired) electrons. The number of nitrogens with zero attached hydrogens (tertiary/aromatic N) is 2. The van der Waals surface area contributed by atoms with Gasteiger partial charge in [-0.2, -0.15) is 0 Å². The van der Waals surface area contributed by atoms with Crippen LogP contribution in [-0.4, -0.2) is 16.5 Å². The lowest BCUT2D eigenvalue weighted by atomic mass is 10.2. The van der Waals surface area contributed by atoms with Crippen LogP contribution in [0.15, 0.2) is 34.2 Å². The fraction of sp³-hybridized carbons (Fsp3) is 0.375. The number of benzene rings is 1. The van der Waals surface area contributed by atoms with Gasteiger partial charge in [-0.15, -0.1) is 0 Å². The van der Waals surface area contributed by atoms with Gasteiger partial charge < -0.3 is 5.32 Å². The van der Waals surface area contributed by atoms with E-state index in [1.54, 1.807) is 11.8 Å².